The number of carbonyl (C=O) groups is 3. The zero-order valence-electron chi connectivity index (χ0n) is 62.3. The summed E-state index contributed by atoms with van der Waals surface area (Å²) in [4.78, 5) is 35.2. The van der Waals surface area contributed by atoms with Crippen molar-refractivity contribution in [3.63, 3.8) is 0 Å². The summed E-state index contributed by atoms with van der Waals surface area (Å²) in [5.41, 5.74) is 10.1. The molecule has 3 unspecified atom stereocenters. The molecule has 3 aliphatic rings. The van der Waals surface area contributed by atoms with Crippen LogP contribution in [0.2, 0.25) is 0 Å². The lowest BCUT2D eigenvalue weighted by atomic mass is 9.75. The fourth-order valence-electron chi connectivity index (χ4n) is 13.8. The summed E-state index contributed by atoms with van der Waals surface area (Å²) in [5.74, 6) is -3.92. The monoisotopic (exact) mass is 2620 g/mol. The van der Waals surface area contributed by atoms with Gasteiger partial charge in [0.1, 0.15) is 6.54 Å². The van der Waals surface area contributed by atoms with Crippen molar-refractivity contribution in [2.75, 3.05) is 35.4 Å². The second-order valence-corrected chi connectivity index (χ2v) is 41.5. The number of unbranched alkanes of at least 4 members (excludes halogenated alkanes) is 6. The number of carboxylic acids is 3. The molecule has 0 spiro atoms. The minimum absolute atomic E-state index is 0. The summed E-state index contributed by atoms with van der Waals surface area (Å²) in [6.07, 6.45) is 36.1. The van der Waals surface area contributed by atoms with E-state index in [4.69, 9.17) is 10.2 Å². The summed E-state index contributed by atoms with van der Waals surface area (Å²) in [7, 11) is -13.1. The van der Waals surface area contributed by atoms with Gasteiger partial charge in [-0.05, 0) is 299 Å². The van der Waals surface area contributed by atoms with Crippen molar-refractivity contribution in [2.45, 2.75) is 160 Å². The molecular formula is C81H92ClI9N3O15S3-. The number of carboxylic acid groups (broad SMARTS) is 3. The van der Waals surface area contributed by atoms with Crippen molar-refractivity contribution in [1.29, 1.82) is 0 Å². The summed E-state index contributed by atoms with van der Waals surface area (Å²) in [6, 6.07) is 27.0. The van der Waals surface area contributed by atoms with Crippen LogP contribution >= 0.6 is 203 Å². The zero-order valence-corrected chi connectivity index (χ0v) is 84.9. The van der Waals surface area contributed by atoms with Crippen LogP contribution in [0.15, 0.2) is 171 Å². The predicted molar refractivity (Wildman–Crippen MR) is 521 cm³/mol. The van der Waals surface area contributed by atoms with Gasteiger partial charge in [-0.15, -0.1) is 13.2 Å². The number of allylic oxidation sites excluding steroid dienone is 13. The Bertz CT molecular complexity index is 4790. The Balaban J connectivity index is 0.000000423. The molecule has 610 valence electrons. The first kappa shape index (κ1) is 103. The van der Waals surface area contributed by atoms with Crippen LogP contribution in [-0.4, -0.2) is 123 Å². The molecule has 8 rings (SSSR count). The zero-order chi connectivity index (χ0) is 82.7. The number of benzene rings is 5. The molecule has 0 aliphatic carbocycles. The first-order valence-electron chi connectivity index (χ1n) is 35.6. The molecular weight excluding hydrogens is 2530 g/mol. The van der Waals surface area contributed by atoms with Gasteiger partial charge >= 0.3 is 28.0 Å². The Kier molecular flexibility index (Phi) is 45.0. The standard InChI is InChI=1S/C41H46I6N2O10S2.C19H24I3NO5S.C19H18.C2H4.ClH/c1-40(19-12-6-10-17-32(50)51)30(48(21-14-22-60(54,55)56)28-23-26(42)36(44)38(46)34(28)40)15-8-4-3-5-9-16-31-41(2,20-13-7-11-18-33(52)53)35-29(49(31)25-61(57,58)59)24-27(43)37(45)39(35)47;1-12-19(2,8-5-3-4-7-15(24)25)16-14(11-13(20)17(21)18(16)22)23(12)9-6-10-29(26,27)28;1(2-6-12-18-14-8-4-9-15-18)3-7-13-19-16-10-5-11-17-19;1-2;/h3-5,8-9,15-16,23-24H,6-7,10-14,17-22,25H2,1-2H3,(H3-,50,51,52,53,54,55,56,57,58,59);11H,3-10H2,1-2H3,(H-,24,25,26,27,28);1-12,14-17H,13H2;1-2H2;1H/p-1/b;;2-1+,7-3+,12-6+;;. The highest BCUT2D eigenvalue weighted by molar-refractivity contribution is 14.1. The van der Waals surface area contributed by atoms with Gasteiger partial charge in [-0.25, -0.2) is 16.8 Å². The average molecular weight is 2620 g/mol. The van der Waals surface area contributed by atoms with Gasteiger partial charge in [0.2, 0.25) is 11.4 Å². The summed E-state index contributed by atoms with van der Waals surface area (Å²) in [5, 5.41) is 27.2. The lowest BCUT2D eigenvalue weighted by Crippen LogP contribution is -3.00. The smallest absolute Gasteiger partial charge is 0.326 e. The highest BCUT2D eigenvalue weighted by Crippen LogP contribution is 2.55. The Labute approximate surface area is 790 Å². The van der Waals surface area contributed by atoms with Crippen molar-refractivity contribution in [2.24, 2.45) is 0 Å². The van der Waals surface area contributed by atoms with Gasteiger partial charge in [0, 0.05) is 123 Å². The molecule has 4 N–H and O–H groups in total. The van der Waals surface area contributed by atoms with Crippen LogP contribution in [0.1, 0.15) is 165 Å². The second kappa shape index (κ2) is 49.2. The Hall–Kier alpha value is -1.84. The van der Waals surface area contributed by atoms with E-state index < -0.39 is 70.7 Å². The molecule has 0 saturated heterocycles. The lowest BCUT2D eigenvalue weighted by Gasteiger charge is -2.31. The highest BCUT2D eigenvalue weighted by Gasteiger charge is 2.52. The summed E-state index contributed by atoms with van der Waals surface area (Å²) < 4.78 is 117. The summed E-state index contributed by atoms with van der Waals surface area (Å²) >= 11 is 20.9. The maximum atomic E-state index is 12.4. The number of hydrogen-bond donors (Lipinski definition) is 4. The van der Waals surface area contributed by atoms with Gasteiger partial charge in [0.25, 0.3) is 5.88 Å². The molecule has 0 saturated carbocycles. The third-order valence-corrected chi connectivity index (χ3v) is 36.6. The minimum atomic E-state index is -4.44. The molecule has 18 nitrogen and oxygen atoms in total. The summed E-state index contributed by atoms with van der Waals surface area (Å²) in [6.45, 7) is 15.3. The largest absolute Gasteiger partial charge is 1.00 e. The third kappa shape index (κ3) is 31.0. The molecule has 5 aromatic carbocycles. The van der Waals surface area contributed by atoms with Crippen LogP contribution < -0.4 is 17.3 Å². The number of hydrogen-bond acceptors (Lipinski definition) is 12. The molecule has 0 bridgehead atoms. The molecule has 5 aromatic rings. The number of anilines is 1. The van der Waals surface area contributed by atoms with Gasteiger partial charge in [-0.3, -0.25) is 18.9 Å². The fourth-order valence-corrected chi connectivity index (χ4v) is 23.3. The topological polar surface area (TPSA) is 290 Å². The van der Waals surface area contributed by atoms with Gasteiger partial charge < -0.3 is 41.7 Å². The number of nitrogens with zero attached hydrogens (tertiary/aromatic N) is 3. The van der Waals surface area contributed by atoms with Gasteiger partial charge in [0.05, 0.1) is 42.2 Å². The normalized spacial score (nSPS) is 17.8. The Morgan fingerprint density at radius 2 is 0.920 bits per heavy atom. The number of rotatable bonds is 37. The SMILES string of the molecule is C(=C\C=C\c1ccccc1)/C=C/Cc1ccccc1.C=C.CC1(CCCCCC(=O)O)C(=CC=CC=CC=CC2=[N+](CS(=O)(=O)O)c3cc(I)c(I)c(I)c3C2(C)CCCCCC(=O)O)N(CCCS(=O)(=O)[O-])c2cc(I)c(I)c(I)c21.CC1=[N+](CCCS(=O)(=O)[O-])c2cc(I)c(I)c(I)c2C1(C)CCCCCC(=O)O.[Cl-]. The van der Waals surface area contributed by atoms with E-state index in [1.165, 1.54) is 23.8 Å². The molecule has 0 amide bonds. The van der Waals surface area contributed by atoms with E-state index in [1.807, 2.05) is 72.9 Å². The van der Waals surface area contributed by atoms with Gasteiger partial charge in [-0.2, -0.15) is 17.6 Å². The molecule has 31 heteroatoms. The Morgan fingerprint density at radius 3 is 1.42 bits per heavy atom. The maximum Gasteiger partial charge on any atom is 0.326 e. The second-order valence-electron chi connectivity index (χ2n) is 27.1. The quantitative estimate of drug-likeness (QED) is 0.00546. The molecule has 3 aliphatic heterocycles. The average Bonchev–Trinajstić information content (AvgIpc) is 1.59. The first-order valence-corrected chi connectivity index (χ1v) is 50.1. The fraction of sp³-hybridized carbons (Fsp3) is 0.370. The molecule has 0 radical (unpaired) electrons. The maximum absolute atomic E-state index is 12.4. The van der Waals surface area contributed by atoms with E-state index in [0.717, 1.165) is 104 Å². The van der Waals surface area contributed by atoms with Crippen molar-refractivity contribution in [1.82, 2.24) is 0 Å². The van der Waals surface area contributed by atoms with Gasteiger partial charge in [0.15, 0.2) is 11.4 Å². The number of aliphatic carboxylic acids is 3. The van der Waals surface area contributed by atoms with E-state index in [-0.39, 0.29) is 55.7 Å². The highest BCUT2D eigenvalue weighted by atomic mass is 127. The van der Waals surface area contributed by atoms with E-state index in [1.54, 1.807) is 4.58 Å². The van der Waals surface area contributed by atoms with E-state index >= 15 is 0 Å². The predicted octanol–water partition coefficient (Wildman–Crippen LogP) is 18.6. The van der Waals surface area contributed by atoms with Crippen LogP contribution in [0.5, 0.6) is 0 Å². The minimum Gasteiger partial charge on any atom is -1.00 e. The van der Waals surface area contributed by atoms with Crippen molar-refractivity contribution in [3.8, 4) is 0 Å². The van der Waals surface area contributed by atoms with E-state index in [0.29, 0.717) is 63.0 Å². The van der Waals surface area contributed by atoms with Gasteiger partial charge in [-0.1, -0.05) is 166 Å². The van der Waals surface area contributed by atoms with Crippen molar-refractivity contribution < 1.29 is 90.2 Å². The number of halogens is 10. The molecule has 112 heavy (non-hydrogen) atoms. The molecule has 3 heterocycles. The van der Waals surface area contributed by atoms with Crippen LogP contribution in [-0.2, 0) is 67.4 Å². The van der Waals surface area contributed by atoms with Crippen LogP contribution in [0, 0.1) is 32.1 Å². The van der Waals surface area contributed by atoms with E-state index in [9.17, 15) is 58.4 Å². The number of fused-ring (bicyclic) bond motifs is 3. The van der Waals surface area contributed by atoms with Crippen LogP contribution in [0.4, 0.5) is 17.1 Å². The Morgan fingerprint density at radius 1 is 0.500 bits per heavy atom. The van der Waals surface area contributed by atoms with Crippen LogP contribution in [0.25, 0.3) is 6.08 Å². The molecule has 0 aromatic heterocycles. The van der Waals surface area contributed by atoms with Crippen molar-refractivity contribution in [3.05, 3.63) is 231 Å². The molecule has 0 fully saturated rings. The molecule has 3 atom stereocenters. The van der Waals surface area contributed by atoms with Crippen molar-refractivity contribution >= 4 is 286 Å². The third-order valence-electron chi connectivity index (χ3n) is 19.1. The lowest BCUT2D eigenvalue weighted by molar-refractivity contribution is -0.439. The van der Waals surface area contributed by atoms with E-state index in [2.05, 4.69) is 339 Å². The van der Waals surface area contributed by atoms with Crippen LogP contribution in [0.3, 0.4) is 0 Å². The first-order chi connectivity index (χ1) is 52.3.